The summed E-state index contributed by atoms with van der Waals surface area (Å²) in [5, 5.41) is 1.12. The topological polar surface area (TPSA) is 41.6 Å². The second-order valence-electron chi connectivity index (χ2n) is 4.70. The summed E-state index contributed by atoms with van der Waals surface area (Å²) >= 11 is 12.5. The predicted molar refractivity (Wildman–Crippen MR) is 84.6 cm³/mol. The molecule has 1 aliphatic rings. The van der Waals surface area contributed by atoms with Gasteiger partial charge in [0.1, 0.15) is 5.82 Å². The molecule has 108 valence electrons. The van der Waals surface area contributed by atoms with Crippen LogP contribution in [-0.4, -0.2) is 12.5 Å². The largest absolute Gasteiger partial charge is 0.369 e. The molecule has 0 amide bonds. The third kappa shape index (κ3) is 2.57. The number of benzene rings is 2. The quantitative estimate of drug-likeness (QED) is 0.907. The van der Waals surface area contributed by atoms with Gasteiger partial charge in [0.2, 0.25) is 0 Å². The highest BCUT2D eigenvalue weighted by Gasteiger charge is 2.31. The normalized spacial score (nSPS) is 18.0. The van der Waals surface area contributed by atoms with Crippen molar-refractivity contribution in [2.45, 2.75) is 6.04 Å². The zero-order chi connectivity index (χ0) is 15.0. The zero-order valence-corrected chi connectivity index (χ0v) is 12.4. The molecule has 0 aromatic heterocycles. The molecule has 0 radical (unpaired) electrons. The summed E-state index contributed by atoms with van der Waals surface area (Å²) < 4.78 is 13.1. The molecule has 0 fully saturated rings. The van der Waals surface area contributed by atoms with Gasteiger partial charge in [-0.3, -0.25) is 4.99 Å². The summed E-state index contributed by atoms with van der Waals surface area (Å²) in [7, 11) is 0. The molecule has 3 rings (SSSR count). The standard InChI is InChI=1S/C15H12Cl2FN3/c16-11-2-1-3-12(17)14(11)13-8-20-15(19)21(13)10-6-4-9(18)5-7-10/h1-7,13H,8H2,(H2,19,20). The molecule has 0 spiro atoms. The van der Waals surface area contributed by atoms with E-state index in [2.05, 4.69) is 4.99 Å². The molecular formula is C15H12Cl2FN3. The third-order valence-corrected chi connectivity index (χ3v) is 4.08. The molecule has 6 heteroatoms. The van der Waals surface area contributed by atoms with Crippen molar-refractivity contribution >= 4 is 34.8 Å². The average Bonchev–Trinajstić information content (AvgIpc) is 2.82. The Balaban J connectivity index is 2.05. The Labute approximate surface area is 131 Å². The van der Waals surface area contributed by atoms with Crippen molar-refractivity contribution < 1.29 is 4.39 Å². The van der Waals surface area contributed by atoms with Crippen LogP contribution in [0.15, 0.2) is 47.5 Å². The predicted octanol–water partition coefficient (Wildman–Crippen LogP) is 4.01. The Morgan fingerprint density at radius 3 is 2.33 bits per heavy atom. The van der Waals surface area contributed by atoms with Gasteiger partial charge < -0.3 is 10.6 Å². The van der Waals surface area contributed by atoms with E-state index in [-0.39, 0.29) is 11.9 Å². The molecule has 0 aliphatic carbocycles. The van der Waals surface area contributed by atoms with Crippen LogP contribution in [0.3, 0.4) is 0 Å². The van der Waals surface area contributed by atoms with Crippen LogP contribution in [0, 0.1) is 5.82 Å². The Morgan fingerprint density at radius 2 is 1.71 bits per heavy atom. The number of nitrogens with two attached hydrogens (primary N) is 1. The van der Waals surface area contributed by atoms with Crippen LogP contribution in [0.4, 0.5) is 10.1 Å². The molecule has 2 aromatic carbocycles. The van der Waals surface area contributed by atoms with Crippen molar-refractivity contribution in [1.82, 2.24) is 0 Å². The monoisotopic (exact) mass is 323 g/mol. The van der Waals surface area contributed by atoms with Crippen LogP contribution in [0.2, 0.25) is 10.0 Å². The lowest BCUT2D eigenvalue weighted by Crippen LogP contribution is -2.36. The Bertz CT molecular complexity index is 680. The summed E-state index contributed by atoms with van der Waals surface area (Å²) in [5.41, 5.74) is 7.49. The van der Waals surface area contributed by atoms with E-state index in [1.807, 2.05) is 4.90 Å². The van der Waals surface area contributed by atoms with Gasteiger partial charge in [-0.05, 0) is 36.4 Å². The Morgan fingerprint density at radius 1 is 1.10 bits per heavy atom. The minimum absolute atomic E-state index is 0.198. The lowest BCUT2D eigenvalue weighted by molar-refractivity contribution is 0.627. The second-order valence-corrected chi connectivity index (χ2v) is 5.51. The van der Waals surface area contributed by atoms with Crippen molar-refractivity contribution in [2.24, 2.45) is 10.7 Å². The molecule has 2 N–H and O–H groups in total. The van der Waals surface area contributed by atoms with Crippen LogP contribution < -0.4 is 10.6 Å². The van der Waals surface area contributed by atoms with E-state index >= 15 is 0 Å². The van der Waals surface area contributed by atoms with Gasteiger partial charge in [0, 0.05) is 21.3 Å². The first-order valence-electron chi connectivity index (χ1n) is 6.36. The average molecular weight is 324 g/mol. The van der Waals surface area contributed by atoms with Gasteiger partial charge in [0.15, 0.2) is 5.96 Å². The van der Waals surface area contributed by atoms with Crippen molar-refractivity contribution in [3.63, 3.8) is 0 Å². The highest BCUT2D eigenvalue weighted by atomic mass is 35.5. The molecule has 2 aromatic rings. The van der Waals surface area contributed by atoms with Crippen LogP contribution in [0.5, 0.6) is 0 Å². The molecule has 0 saturated carbocycles. The van der Waals surface area contributed by atoms with Crippen LogP contribution in [0.1, 0.15) is 11.6 Å². The summed E-state index contributed by atoms with van der Waals surface area (Å²) in [6.07, 6.45) is 0. The molecule has 1 atom stereocenters. The summed E-state index contributed by atoms with van der Waals surface area (Å²) in [6.45, 7) is 0.451. The van der Waals surface area contributed by atoms with Gasteiger partial charge in [-0.25, -0.2) is 4.39 Å². The first-order valence-corrected chi connectivity index (χ1v) is 7.12. The fourth-order valence-electron chi connectivity index (χ4n) is 2.46. The maximum Gasteiger partial charge on any atom is 0.196 e. The van der Waals surface area contributed by atoms with E-state index in [0.717, 1.165) is 11.3 Å². The molecular weight excluding hydrogens is 312 g/mol. The van der Waals surface area contributed by atoms with E-state index in [4.69, 9.17) is 28.9 Å². The number of hydrogen-bond acceptors (Lipinski definition) is 3. The van der Waals surface area contributed by atoms with Gasteiger partial charge in [-0.1, -0.05) is 29.3 Å². The first kappa shape index (κ1) is 14.2. The van der Waals surface area contributed by atoms with Crippen LogP contribution >= 0.6 is 23.2 Å². The third-order valence-electron chi connectivity index (χ3n) is 3.42. The van der Waals surface area contributed by atoms with Crippen LogP contribution in [-0.2, 0) is 0 Å². The fourth-order valence-corrected chi connectivity index (χ4v) is 3.11. The molecule has 0 bridgehead atoms. The number of halogens is 3. The lowest BCUT2D eigenvalue weighted by atomic mass is 10.1. The summed E-state index contributed by atoms with van der Waals surface area (Å²) in [6, 6.07) is 11.2. The lowest BCUT2D eigenvalue weighted by Gasteiger charge is -2.27. The molecule has 1 aliphatic heterocycles. The summed E-state index contributed by atoms with van der Waals surface area (Å²) in [4.78, 5) is 6.08. The van der Waals surface area contributed by atoms with Crippen molar-refractivity contribution in [1.29, 1.82) is 0 Å². The fraction of sp³-hybridized carbons (Fsp3) is 0.133. The van der Waals surface area contributed by atoms with E-state index in [1.54, 1.807) is 30.3 Å². The molecule has 1 heterocycles. The number of aliphatic imine (C=N–C) groups is 1. The number of hydrogen-bond donors (Lipinski definition) is 1. The SMILES string of the molecule is NC1=NCC(c2c(Cl)cccc2Cl)N1c1ccc(F)cc1. The van der Waals surface area contributed by atoms with E-state index in [0.29, 0.717) is 22.5 Å². The zero-order valence-electron chi connectivity index (χ0n) is 10.9. The minimum Gasteiger partial charge on any atom is -0.369 e. The van der Waals surface area contributed by atoms with Gasteiger partial charge in [-0.2, -0.15) is 0 Å². The Hall–Kier alpha value is -1.78. The maximum atomic E-state index is 13.1. The Kier molecular flexibility index (Phi) is 3.74. The minimum atomic E-state index is -0.305. The van der Waals surface area contributed by atoms with Crippen molar-refractivity contribution in [2.75, 3.05) is 11.4 Å². The second kappa shape index (κ2) is 5.54. The highest BCUT2D eigenvalue weighted by molar-refractivity contribution is 6.36. The van der Waals surface area contributed by atoms with Crippen LogP contribution in [0.25, 0.3) is 0 Å². The number of guanidine groups is 1. The van der Waals surface area contributed by atoms with Gasteiger partial charge in [-0.15, -0.1) is 0 Å². The van der Waals surface area contributed by atoms with E-state index in [9.17, 15) is 4.39 Å². The van der Waals surface area contributed by atoms with Crippen molar-refractivity contribution in [3.8, 4) is 0 Å². The molecule has 1 unspecified atom stereocenters. The van der Waals surface area contributed by atoms with E-state index in [1.165, 1.54) is 12.1 Å². The number of nitrogens with zero attached hydrogens (tertiary/aromatic N) is 2. The van der Waals surface area contributed by atoms with E-state index < -0.39 is 0 Å². The molecule has 0 saturated heterocycles. The van der Waals surface area contributed by atoms with Gasteiger partial charge in [0.25, 0.3) is 0 Å². The number of anilines is 1. The summed E-state index contributed by atoms with van der Waals surface area (Å²) in [5.74, 6) is 0.0587. The number of rotatable bonds is 2. The maximum absolute atomic E-state index is 13.1. The van der Waals surface area contributed by atoms with Crippen molar-refractivity contribution in [3.05, 3.63) is 63.9 Å². The highest BCUT2D eigenvalue weighted by Crippen LogP contribution is 2.38. The smallest absolute Gasteiger partial charge is 0.196 e. The van der Waals surface area contributed by atoms with Gasteiger partial charge in [0.05, 0.1) is 12.6 Å². The molecule has 3 nitrogen and oxygen atoms in total. The van der Waals surface area contributed by atoms with Gasteiger partial charge >= 0.3 is 0 Å². The molecule has 21 heavy (non-hydrogen) atoms. The first-order chi connectivity index (χ1) is 10.1.